The first-order valence-electron chi connectivity index (χ1n) is 9.98. The van der Waals surface area contributed by atoms with E-state index in [1.807, 2.05) is 12.1 Å². The molecule has 0 saturated heterocycles. The Kier molecular flexibility index (Phi) is 6.45. The summed E-state index contributed by atoms with van der Waals surface area (Å²) in [5.74, 6) is -0.0311. The lowest BCUT2D eigenvalue weighted by atomic mass is 10.1. The second-order valence-electron chi connectivity index (χ2n) is 7.18. The lowest BCUT2D eigenvalue weighted by Gasteiger charge is -2.10. The van der Waals surface area contributed by atoms with Crippen LogP contribution in [0.4, 0.5) is 10.1 Å². The van der Waals surface area contributed by atoms with Crippen LogP contribution < -0.4 is 10.0 Å². The van der Waals surface area contributed by atoms with Crippen LogP contribution in [0.5, 0.6) is 0 Å². The maximum atomic E-state index is 13.0. The van der Waals surface area contributed by atoms with Gasteiger partial charge in [0.15, 0.2) is 5.82 Å². The zero-order valence-corrected chi connectivity index (χ0v) is 18.2. The summed E-state index contributed by atoms with van der Waals surface area (Å²) in [7, 11) is -3.83. The van der Waals surface area contributed by atoms with Crippen LogP contribution in [0.15, 0.2) is 90.2 Å². The van der Waals surface area contributed by atoms with Gasteiger partial charge >= 0.3 is 0 Å². The molecule has 0 bridgehead atoms. The van der Waals surface area contributed by atoms with Crippen molar-refractivity contribution in [2.24, 2.45) is 0 Å². The topological polar surface area (TPSA) is 106 Å². The van der Waals surface area contributed by atoms with Crippen LogP contribution in [-0.2, 0) is 27.8 Å². The molecular weight excluding hydrogens is 445 g/mol. The molecule has 0 aliphatic rings. The zero-order chi connectivity index (χ0) is 23.3. The first-order valence-corrected chi connectivity index (χ1v) is 11.5. The van der Waals surface area contributed by atoms with Crippen molar-refractivity contribution in [2.75, 3.05) is 4.72 Å². The summed E-state index contributed by atoms with van der Waals surface area (Å²) in [5, 5.41) is 7.00. The largest absolute Gasteiger partial charge is 0.352 e. The van der Waals surface area contributed by atoms with Crippen LogP contribution >= 0.6 is 0 Å². The number of nitrogens with one attached hydrogen (secondary N) is 2. The number of nitrogens with zero attached hydrogens (tertiary/aromatic N) is 3. The molecule has 8 nitrogen and oxygen atoms in total. The highest BCUT2D eigenvalue weighted by Gasteiger charge is 2.14. The highest BCUT2D eigenvalue weighted by molar-refractivity contribution is 7.92. The standard InChI is InChI=1S/C23H20FN5O3S/c24-19-4-8-21(9-5-19)33(31,32)28-20-6-2-17(3-7-20)15-23(30)26-16-18-10-12-25-22(14-18)29-13-1-11-27-29/h1-14,28H,15-16H2,(H,26,30). The Morgan fingerprint density at radius 3 is 2.42 bits per heavy atom. The molecular formula is C23H20FN5O3S. The number of sulfonamides is 1. The van der Waals surface area contributed by atoms with E-state index < -0.39 is 15.8 Å². The summed E-state index contributed by atoms with van der Waals surface area (Å²) in [5.41, 5.74) is 1.95. The Bertz CT molecular complexity index is 1340. The Morgan fingerprint density at radius 2 is 1.73 bits per heavy atom. The number of anilines is 1. The van der Waals surface area contributed by atoms with Gasteiger partial charge in [0.25, 0.3) is 10.0 Å². The van der Waals surface area contributed by atoms with Gasteiger partial charge in [-0.1, -0.05) is 12.1 Å². The van der Waals surface area contributed by atoms with E-state index in [0.717, 1.165) is 23.3 Å². The number of carbonyl (C=O) groups is 1. The lowest BCUT2D eigenvalue weighted by Crippen LogP contribution is -2.24. The molecule has 0 spiro atoms. The third-order valence-corrected chi connectivity index (χ3v) is 6.13. The summed E-state index contributed by atoms with van der Waals surface area (Å²) in [6, 6.07) is 16.5. The highest BCUT2D eigenvalue weighted by Crippen LogP contribution is 2.17. The van der Waals surface area contributed by atoms with Crippen molar-refractivity contribution >= 4 is 21.6 Å². The molecule has 1 amide bonds. The van der Waals surface area contributed by atoms with Gasteiger partial charge in [0, 0.05) is 30.8 Å². The summed E-state index contributed by atoms with van der Waals surface area (Å²) in [6.45, 7) is 0.338. The molecule has 0 unspecified atom stereocenters. The predicted molar refractivity (Wildman–Crippen MR) is 121 cm³/mol. The van der Waals surface area contributed by atoms with Gasteiger partial charge in [-0.05, 0) is 65.7 Å². The number of carbonyl (C=O) groups excluding carboxylic acids is 1. The quantitative estimate of drug-likeness (QED) is 0.416. The molecule has 0 aliphatic carbocycles. The molecule has 2 N–H and O–H groups in total. The molecule has 2 aromatic heterocycles. The van der Waals surface area contributed by atoms with Gasteiger partial charge in [-0.2, -0.15) is 5.10 Å². The van der Waals surface area contributed by atoms with Crippen LogP contribution in [-0.4, -0.2) is 29.1 Å². The summed E-state index contributed by atoms with van der Waals surface area (Å²) in [6.07, 6.45) is 5.25. The van der Waals surface area contributed by atoms with Crippen molar-refractivity contribution in [1.29, 1.82) is 0 Å². The number of amides is 1. The van der Waals surface area contributed by atoms with E-state index in [1.54, 1.807) is 53.6 Å². The molecule has 4 rings (SSSR count). The van der Waals surface area contributed by atoms with Gasteiger partial charge in [0.05, 0.1) is 11.3 Å². The molecule has 0 fully saturated rings. The average molecular weight is 466 g/mol. The maximum Gasteiger partial charge on any atom is 0.261 e. The fourth-order valence-electron chi connectivity index (χ4n) is 3.07. The monoisotopic (exact) mass is 465 g/mol. The van der Waals surface area contributed by atoms with E-state index in [9.17, 15) is 17.6 Å². The fraction of sp³-hybridized carbons (Fsp3) is 0.0870. The van der Waals surface area contributed by atoms with Crippen molar-refractivity contribution in [2.45, 2.75) is 17.9 Å². The van der Waals surface area contributed by atoms with Crippen LogP contribution in [0.25, 0.3) is 5.82 Å². The van der Waals surface area contributed by atoms with Crippen molar-refractivity contribution in [1.82, 2.24) is 20.1 Å². The fourth-order valence-corrected chi connectivity index (χ4v) is 4.13. The number of aromatic nitrogens is 3. The number of hydrogen-bond donors (Lipinski definition) is 2. The van der Waals surface area contributed by atoms with Gasteiger partial charge in [0.2, 0.25) is 5.91 Å². The molecule has 0 saturated carbocycles. The minimum Gasteiger partial charge on any atom is -0.352 e. The highest BCUT2D eigenvalue weighted by atomic mass is 32.2. The second kappa shape index (κ2) is 9.61. The number of benzene rings is 2. The van der Waals surface area contributed by atoms with E-state index in [-0.39, 0.29) is 17.2 Å². The van der Waals surface area contributed by atoms with Crippen LogP contribution in [0.3, 0.4) is 0 Å². The maximum absolute atomic E-state index is 13.0. The van der Waals surface area contributed by atoms with Crippen molar-refractivity contribution in [3.05, 3.63) is 102 Å². The first kappa shape index (κ1) is 22.2. The summed E-state index contributed by atoms with van der Waals surface area (Å²) < 4.78 is 41.9. The summed E-state index contributed by atoms with van der Waals surface area (Å²) >= 11 is 0. The van der Waals surface area contributed by atoms with E-state index in [2.05, 4.69) is 20.1 Å². The third kappa shape index (κ3) is 5.80. The van der Waals surface area contributed by atoms with E-state index in [1.165, 1.54) is 12.1 Å². The Balaban J connectivity index is 1.32. The van der Waals surface area contributed by atoms with Gasteiger partial charge in [-0.25, -0.2) is 22.5 Å². The molecule has 10 heteroatoms. The Morgan fingerprint density at radius 1 is 0.970 bits per heavy atom. The van der Waals surface area contributed by atoms with Gasteiger partial charge in [-0.3, -0.25) is 9.52 Å². The number of halogens is 1. The second-order valence-corrected chi connectivity index (χ2v) is 8.87. The van der Waals surface area contributed by atoms with E-state index in [0.29, 0.717) is 18.1 Å². The van der Waals surface area contributed by atoms with Gasteiger partial charge in [-0.15, -0.1) is 0 Å². The molecule has 0 atom stereocenters. The lowest BCUT2D eigenvalue weighted by molar-refractivity contribution is -0.120. The number of pyridine rings is 1. The normalized spacial score (nSPS) is 11.2. The smallest absolute Gasteiger partial charge is 0.261 e. The molecule has 2 aromatic carbocycles. The predicted octanol–water partition coefficient (Wildman–Crippen LogP) is 3.07. The average Bonchev–Trinajstić information content (AvgIpc) is 3.35. The van der Waals surface area contributed by atoms with Crippen LogP contribution in [0.2, 0.25) is 0 Å². The van der Waals surface area contributed by atoms with E-state index >= 15 is 0 Å². The first-order chi connectivity index (χ1) is 15.9. The van der Waals surface area contributed by atoms with Crippen LogP contribution in [0.1, 0.15) is 11.1 Å². The van der Waals surface area contributed by atoms with Crippen molar-refractivity contribution < 1.29 is 17.6 Å². The minimum atomic E-state index is -3.83. The van der Waals surface area contributed by atoms with Crippen LogP contribution in [0, 0.1) is 5.82 Å². The SMILES string of the molecule is O=C(Cc1ccc(NS(=O)(=O)c2ccc(F)cc2)cc1)NCc1ccnc(-n2cccn2)c1. The summed E-state index contributed by atoms with van der Waals surface area (Å²) in [4.78, 5) is 16.6. The molecule has 2 heterocycles. The minimum absolute atomic E-state index is 0.0424. The Hall–Kier alpha value is -4.05. The van der Waals surface area contributed by atoms with E-state index in [4.69, 9.17) is 0 Å². The van der Waals surface area contributed by atoms with Gasteiger partial charge in [0.1, 0.15) is 5.82 Å². The molecule has 168 valence electrons. The molecule has 4 aromatic rings. The molecule has 33 heavy (non-hydrogen) atoms. The Labute approximate surface area is 190 Å². The van der Waals surface area contributed by atoms with Crippen molar-refractivity contribution in [3.8, 4) is 5.82 Å². The zero-order valence-electron chi connectivity index (χ0n) is 17.3. The van der Waals surface area contributed by atoms with Crippen molar-refractivity contribution in [3.63, 3.8) is 0 Å². The molecule has 0 radical (unpaired) electrons. The third-order valence-electron chi connectivity index (χ3n) is 4.73. The number of rotatable bonds is 8. The molecule has 0 aliphatic heterocycles. The van der Waals surface area contributed by atoms with Gasteiger partial charge < -0.3 is 5.32 Å². The number of hydrogen-bond acceptors (Lipinski definition) is 5.